The smallest absolute Gasteiger partial charge is 0.416 e. The Balaban J connectivity index is 1.52. The lowest BCUT2D eigenvalue weighted by Crippen LogP contribution is -2.37. The zero-order chi connectivity index (χ0) is 21.0. The van der Waals surface area contributed by atoms with Gasteiger partial charge in [0.05, 0.1) is 11.7 Å². The third kappa shape index (κ3) is 5.17. The van der Waals surface area contributed by atoms with Crippen LogP contribution in [-0.4, -0.2) is 36.7 Å². The van der Waals surface area contributed by atoms with E-state index >= 15 is 0 Å². The van der Waals surface area contributed by atoms with E-state index in [9.17, 15) is 27.9 Å². The van der Waals surface area contributed by atoms with Crippen molar-refractivity contribution in [1.82, 2.24) is 5.32 Å². The molecule has 3 N–H and O–H groups in total. The topological polar surface area (TPSA) is 96.9 Å². The molecule has 1 atom stereocenters. The number of aliphatic hydroxyl groups is 1. The highest BCUT2D eigenvalue weighted by Gasteiger charge is 2.30. The summed E-state index contributed by atoms with van der Waals surface area (Å²) in [5.41, 5.74) is -0.362. The second-order valence-electron chi connectivity index (χ2n) is 6.16. The van der Waals surface area contributed by atoms with Gasteiger partial charge in [-0.05, 0) is 29.8 Å². The van der Waals surface area contributed by atoms with Crippen molar-refractivity contribution in [3.63, 3.8) is 0 Å². The minimum Gasteiger partial charge on any atom is -0.486 e. The van der Waals surface area contributed by atoms with Gasteiger partial charge in [0.15, 0.2) is 11.5 Å². The van der Waals surface area contributed by atoms with Crippen molar-refractivity contribution < 1.29 is 37.3 Å². The summed E-state index contributed by atoms with van der Waals surface area (Å²) in [6.45, 7) is 0.438. The summed E-state index contributed by atoms with van der Waals surface area (Å²) < 4.78 is 48.4. The Hall–Kier alpha value is -3.27. The van der Waals surface area contributed by atoms with Crippen LogP contribution in [0.1, 0.15) is 17.2 Å². The van der Waals surface area contributed by atoms with Crippen LogP contribution in [0.4, 0.5) is 18.9 Å². The predicted octanol–water partition coefficient (Wildman–Crippen LogP) is 2.26. The van der Waals surface area contributed by atoms with Crippen LogP contribution in [0.5, 0.6) is 11.5 Å². The molecule has 154 valence electrons. The average Bonchev–Trinajstić information content (AvgIpc) is 2.71. The van der Waals surface area contributed by atoms with Crippen LogP contribution in [0.15, 0.2) is 42.5 Å². The van der Waals surface area contributed by atoms with Crippen LogP contribution in [0.3, 0.4) is 0 Å². The summed E-state index contributed by atoms with van der Waals surface area (Å²) in [4.78, 5) is 23.9. The molecule has 1 unspecified atom stereocenters. The van der Waals surface area contributed by atoms with Gasteiger partial charge in [-0.15, -0.1) is 0 Å². The third-order valence-corrected chi connectivity index (χ3v) is 4.09. The SMILES string of the molecule is O=C(NCC(O)c1ccc(C(F)(F)F)cc1)C(=O)Nc1ccc2c(c1)OCCO2. The molecule has 0 saturated carbocycles. The normalized spacial score (nSPS) is 14.1. The van der Waals surface area contributed by atoms with E-state index in [-0.39, 0.29) is 12.1 Å². The first kappa shape index (κ1) is 20.5. The molecule has 3 rings (SSSR count). The zero-order valence-corrected chi connectivity index (χ0v) is 15.0. The van der Waals surface area contributed by atoms with E-state index in [0.717, 1.165) is 24.3 Å². The standard InChI is InChI=1S/C19H17F3N2O5/c20-19(21,22)12-3-1-11(2-4-12)14(25)10-23-17(26)18(27)24-13-5-6-15-16(9-13)29-8-7-28-15/h1-6,9,14,25H,7-8,10H2,(H,23,26)(H,24,27). The molecule has 10 heteroatoms. The molecule has 29 heavy (non-hydrogen) atoms. The van der Waals surface area contributed by atoms with E-state index in [1.807, 2.05) is 0 Å². The van der Waals surface area contributed by atoms with Crippen molar-refractivity contribution in [1.29, 1.82) is 0 Å². The van der Waals surface area contributed by atoms with Crippen LogP contribution in [0.2, 0.25) is 0 Å². The van der Waals surface area contributed by atoms with E-state index in [1.165, 1.54) is 12.1 Å². The lowest BCUT2D eigenvalue weighted by atomic mass is 10.1. The largest absolute Gasteiger partial charge is 0.486 e. The number of aliphatic hydroxyl groups excluding tert-OH is 1. The van der Waals surface area contributed by atoms with Crippen molar-refractivity contribution in [2.45, 2.75) is 12.3 Å². The van der Waals surface area contributed by atoms with Crippen LogP contribution in [0, 0.1) is 0 Å². The van der Waals surface area contributed by atoms with Crippen molar-refractivity contribution in [3.8, 4) is 11.5 Å². The maximum absolute atomic E-state index is 12.6. The van der Waals surface area contributed by atoms with Crippen molar-refractivity contribution in [2.24, 2.45) is 0 Å². The van der Waals surface area contributed by atoms with Gasteiger partial charge in [0, 0.05) is 18.3 Å². The molecule has 1 aliphatic rings. The van der Waals surface area contributed by atoms with E-state index < -0.39 is 29.7 Å². The minimum atomic E-state index is -4.48. The third-order valence-electron chi connectivity index (χ3n) is 4.09. The lowest BCUT2D eigenvalue weighted by molar-refractivity contribution is -0.137. The number of anilines is 1. The van der Waals surface area contributed by atoms with Crippen LogP contribution < -0.4 is 20.1 Å². The summed E-state index contributed by atoms with van der Waals surface area (Å²) in [5.74, 6) is -1.02. The number of fused-ring (bicyclic) bond motifs is 1. The summed E-state index contributed by atoms with van der Waals surface area (Å²) in [5, 5.41) is 14.6. The van der Waals surface area contributed by atoms with Gasteiger partial charge < -0.3 is 25.2 Å². The Bertz CT molecular complexity index is 900. The Labute approximate surface area is 163 Å². The molecule has 0 aliphatic carbocycles. The monoisotopic (exact) mass is 410 g/mol. The highest BCUT2D eigenvalue weighted by Crippen LogP contribution is 2.32. The number of amides is 2. The van der Waals surface area contributed by atoms with E-state index in [0.29, 0.717) is 30.4 Å². The number of benzene rings is 2. The number of halogens is 3. The summed E-state index contributed by atoms with van der Waals surface area (Å²) >= 11 is 0. The number of hydrogen-bond donors (Lipinski definition) is 3. The van der Waals surface area contributed by atoms with Crippen LogP contribution >= 0.6 is 0 Å². The Morgan fingerprint density at radius 2 is 1.66 bits per heavy atom. The Morgan fingerprint density at radius 1 is 1.00 bits per heavy atom. The predicted molar refractivity (Wildman–Crippen MR) is 95.5 cm³/mol. The highest BCUT2D eigenvalue weighted by molar-refractivity contribution is 6.39. The molecular weight excluding hydrogens is 393 g/mol. The van der Waals surface area contributed by atoms with Gasteiger partial charge in [-0.3, -0.25) is 9.59 Å². The molecule has 0 aromatic heterocycles. The molecule has 0 saturated heterocycles. The van der Waals surface area contributed by atoms with Crippen LogP contribution in [-0.2, 0) is 15.8 Å². The molecule has 1 aliphatic heterocycles. The van der Waals surface area contributed by atoms with E-state index in [4.69, 9.17) is 9.47 Å². The van der Waals surface area contributed by atoms with Crippen molar-refractivity contribution >= 4 is 17.5 Å². The maximum Gasteiger partial charge on any atom is 0.416 e. The number of carbonyl (C=O) groups is 2. The second kappa shape index (κ2) is 8.39. The Kier molecular flexibility index (Phi) is 5.92. The number of alkyl halides is 3. The highest BCUT2D eigenvalue weighted by atomic mass is 19.4. The molecule has 7 nitrogen and oxygen atoms in total. The average molecular weight is 410 g/mol. The van der Waals surface area contributed by atoms with Gasteiger partial charge in [0.25, 0.3) is 0 Å². The summed E-state index contributed by atoms with van der Waals surface area (Å²) in [6, 6.07) is 8.51. The maximum atomic E-state index is 12.6. The fourth-order valence-electron chi connectivity index (χ4n) is 2.59. The Morgan fingerprint density at radius 3 is 2.31 bits per heavy atom. The molecule has 0 radical (unpaired) electrons. The number of carbonyl (C=O) groups excluding carboxylic acids is 2. The second-order valence-corrected chi connectivity index (χ2v) is 6.16. The molecule has 2 aromatic rings. The van der Waals surface area contributed by atoms with Gasteiger partial charge in [-0.25, -0.2) is 0 Å². The van der Waals surface area contributed by atoms with E-state index in [2.05, 4.69) is 10.6 Å². The summed E-state index contributed by atoms with van der Waals surface area (Å²) in [7, 11) is 0. The molecule has 1 heterocycles. The molecule has 0 bridgehead atoms. The molecule has 2 amide bonds. The minimum absolute atomic E-state index is 0.172. The fourth-order valence-corrected chi connectivity index (χ4v) is 2.59. The number of nitrogens with one attached hydrogen (secondary N) is 2. The molecule has 2 aromatic carbocycles. The van der Waals surface area contributed by atoms with Gasteiger partial charge in [-0.1, -0.05) is 12.1 Å². The number of ether oxygens (including phenoxy) is 2. The first-order valence-corrected chi connectivity index (χ1v) is 8.58. The zero-order valence-electron chi connectivity index (χ0n) is 15.0. The molecule has 0 spiro atoms. The van der Waals surface area contributed by atoms with Crippen LogP contribution in [0.25, 0.3) is 0 Å². The van der Waals surface area contributed by atoms with Crippen molar-refractivity contribution in [2.75, 3.05) is 25.1 Å². The molecule has 0 fully saturated rings. The van der Waals surface area contributed by atoms with Gasteiger partial charge in [-0.2, -0.15) is 13.2 Å². The molecular formula is C19H17F3N2O5. The lowest BCUT2D eigenvalue weighted by Gasteiger charge is -2.19. The summed E-state index contributed by atoms with van der Waals surface area (Å²) in [6.07, 6.45) is -5.76. The van der Waals surface area contributed by atoms with Gasteiger partial charge in [0.2, 0.25) is 0 Å². The van der Waals surface area contributed by atoms with Crippen molar-refractivity contribution in [3.05, 3.63) is 53.6 Å². The van der Waals surface area contributed by atoms with Gasteiger partial charge in [0.1, 0.15) is 13.2 Å². The van der Waals surface area contributed by atoms with E-state index in [1.54, 1.807) is 6.07 Å². The number of hydrogen-bond acceptors (Lipinski definition) is 5. The quantitative estimate of drug-likeness (QED) is 0.672. The first-order chi connectivity index (χ1) is 13.7. The first-order valence-electron chi connectivity index (χ1n) is 8.58. The fraction of sp³-hybridized carbons (Fsp3) is 0.263. The van der Waals surface area contributed by atoms with Gasteiger partial charge >= 0.3 is 18.0 Å². The number of rotatable bonds is 4.